The third-order valence-electron chi connectivity index (χ3n) is 10.3. The van der Waals surface area contributed by atoms with Gasteiger partial charge < -0.3 is 25.1 Å². The van der Waals surface area contributed by atoms with Crippen molar-refractivity contribution in [1.29, 1.82) is 16.2 Å². The molecular formula is C39H56N11O3+. The Labute approximate surface area is 312 Å². The predicted molar refractivity (Wildman–Crippen MR) is 203 cm³/mol. The van der Waals surface area contributed by atoms with Crippen LogP contribution in [0, 0.1) is 21.6 Å². The van der Waals surface area contributed by atoms with Crippen molar-refractivity contribution in [3.05, 3.63) is 83.5 Å². The fourth-order valence-electron chi connectivity index (χ4n) is 7.10. The molecule has 2 aromatic heterocycles. The van der Waals surface area contributed by atoms with Crippen LogP contribution in [0.1, 0.15) is 83.1 Å². The Balaban J connectivity index is 1.12. The van der Waals surface area contributed by atoms with Crippen molar-refractivity contribution in [3.8, 4) is 5.75 Å². The van der Waals surface area contributed by atoms with Gasteiger partial charge >= 0.3 is 6.03 Å². The van der Waals surface area contributed by atoms with E-state index in [4.69, 9.17) is 25.7 Å². The zero-order valence-corrected chi connectivity index (χ0v) is 31.5. The van der Waals surface area contributed by atoms with Crippen LogP contribution in [-0.4, -0.2) is 87.3 Å². The van der Waals surface area contributed by atoms with Crippen molar-refractivity contribution in [2.24, 2.45) is 5.41 Å². The number of ether oxygens (including phenoxy) is 2. The van der Waals surface area contributed by atoms with E-state index in [1.54, 1.807) is 35.2 Å². The molecule has 3 unspecified atom stereocenters. The number of nitrogens with two attached hydrogens (primary N) is 1. The van der Waals surface area contributed by atoms with Crippen LogP contribution in [0.5, 0.6) is 5.75 Å². The summed E-state index contributed by atoms with van der Waals surface area (Å²) in [6, 6.07) is 11.1. The number of urea groups is 1. The van der Waals surface area contributed by atoms with Gasteiger partial charge in [-0.1, -0.05) is 45.0 Å². The maximum absolute atomic E-state index is 13.6. The average molecular weight is 727 g/mol. The molecule has 4 heterocycles. The number of pyridine rings is 1. The van der Waals surface area contributed by atoms with Gasteiger partial charge in [0.15, 0.2) is 5.69 Å². The molecule has 3 atom stereocenters. The summed E-state index contributed by atoms with van der Waals surface area (Å²) in [5.74, 6) is 1.40. The first-order chi connectivity index (χ1) is 25.4. The number of likely N-dealkylation sites (tertiary alicyclic amines) is 1. The number of benzene rings is 1. The molecule has 3 aliphatic rings. The molecule has 0 spiro atoms. The Morgan fingerprint density at radius 2 is 1.79 bits per heavy atom. The summed E-state index contributed by atoms with van der Waals surface area (Å²) in [6.07, 6.45) is 11.5. The first-order valence-corrected chi connectivity index (χ1v) is 18.9. The molecular weight excluding hydrogens is 671 g/mol. The topological polar surface area (TPSA) is 177 Å². The molecule has 14 heteroatoms. The van der Waals surface area contributed by atoms with Gasteiger partial charge in [-0.3, -0.25) is 35.6 Å². The highest BCUT2D eigenvalue weighted by atomic mass is 16.5. The molecule has 2 fully saturated rings. The van der Waals surface area contributed by atoms with Crippen LogP contribution in [0.4, 0.5) is 10.5 Å². The Morgan fingerprint density at radius 1 is 1.02 bits per heavy atom. The van der Waals surface area contributed by atoms with Gasteiger partial charge in [0.25, 0.3) is 0 Å². The van der Waals surface area contributed by atoms with Crippen molar-refractivity contribution in [2.75, 3.05) is 39.4 Å². The van der Waals surface area contributed by atoms with Gasteiger partial charge in [-0.25, -0.2) is 4.79 Å². The van der Waals surface area contributed by atoms with Crippen molar-refractivity contribution >= 4 is 23.4 Å². The van der Waals surface area contributed by atoms with Crippen LogP contribution in [0.2, 0.25) is 0 Å². The lowest BCUT2D eigenvalue weighted by Crippen LogP contribution is -2.79. The molecule has 2 amide bonds. The van der Waals surface area contributed by atoms with Gasteiger partial charge in [0, 0.05) is 49.4 Å². The summed E-state index contributed by atoms with van der Waals surface area (Å²) in [7, 11) is 0. The molecule has 1 aliphatic carbocycles. The normalized spacial score (nSPS) is 21.1. The van der Waals surface area contributed by atoms with Crippen LogP contribution in [-0.2, 0) is 11.3 Å². The molecule has 3 aromatic rings. The maximum atomic E-state index is 13.6. The molecule has 7 N–H and O–H groups in total. The van der Waals surface area contributed by atoms with Gasteiger partial charge in [-0.15, -0.1) is 0 Å². The Kier molecular flexibility index (Phi) is 12.1. The first-order valence-electron chi connectivity index (χ1n) is 18.9. The number of rotatable bonds is 10. The Bertz CT molecular complexity index is 1850. The number of aromatic nitrogens is 3. The molecule has 14 nitrogen and oxygen atoms in total. The largest absolute Gasteiger partial charge is 0.484 e. The van der Waals surface area contributed by atoms with E-state index in [0.717, 1.165) is 82.0 Å². The number of hydrogen-bond acceptors (Lipinski definition) is 8. The highest BCUT2D eigenvalue weighted by molar-refractivity contribution is 5.97. The molecule has 284 valence electrons. The standard InChI is InChI=1S/C39H55N11O3/c1-27-9-7-8-16-49(27)37(42)50-26-29(12-15-35(50)41)53-33-14-13-32(30-10-5-6-11-31(30)33)45-38(51)46-36(23-34(40)39(2,3)4)44-28-24-43-48(25-28)18-17-47-19-21-52-22-20-47/h5-6,10-12,15,23-27,32-33,40-42,44H,7-9,13-14,16-22H2,1-4H3,(H2,45,46,51)/p+1. The molecule has 0 bridgehead atoms. The zero-order chi connectivity index (χ0) is 37.5. The smallest absolute Gasteiger partial charge is 0.323 e. The van der Waals surface area contributed by atoms with Gasteiger partial charge in [0.1, 0.15) is 23.5 Å². The number of amides is 2. The minimum absolute atomic E-state index is 0.236. The number of quaternary nitrogens is 1. The highest BCUT2D eigenvalue weighted by Crippen LogP contribution is 2.38. The number of morpholine rings is 1. The van der Waals surface area contributed by atoms with Crippen LogP contribution in [0.25, 0.3) is 0 Å². The van der Waals surface area contributed by atoms with Crippen molar-refractivity contribution in [1.82, 2.24) is 34.8 Å². The Hall–Kier alpha value is -4.79. The van der Waals surface area contributed by atoms with Crippen LogP contribution < -0.4 is 26.2 Å². The van der Waals surface area contributed by atoms with Crippen molar-refractivity contribution in [3.63, 3.8) is 0 Å². The maximum Gasteiger partial charge on any atom is 0.323 e. The number of piperidine rings is 1. The summed E-state index contributed by atoms with van der Waals surface area (Å²) in [4.78, 5) is 18.1. The number of hydrogen-bond donors (Lipinski definition) is 6. The number of carbonyl (C=O) groups is 1. The van der Waals surface area contributed by atoms with Gasteiger partial charge in [0.2, 0.25) is 11.8 Å². The lowest BCUT2D eigenvalue weighted by molar-refractivity contribution is -0.522. The number of allylic oxidation sites excluding steroid dienone is 1. The van der Waals surface area contributed by atoms with Crippen LogP contribution >= 0.6 is 0 Å². The number of fused-ring (bicyclic) bond motifs is 1. The predicted octanol–water partition coefficient (Wildman–Crippen LogP) is 4.21. The third-order valence-corrected chi connectivity index (χ3v) is 10.3. The first kappa shape index (κ1) is 38.0. The summed E-state index contributed by atoms with van der Waals surface area (Å²) >= 11 is 0. The minimum Gasteiger partial charge on any atom is -0.484 e. The fourth-order valence-corrected chi connectivity index (χ4v) is 7.10. The third kappa shape index (κ3) is 9.80. The SMILES string of the molecule is CC1CCCCN1C(=N)n1cc(OC2CCC(NC(=O)NC(=CC(=N)C(C)(C)C)[NH2+]c3cnn(CCN4CCOCC4)c3)c3ccccc32)ccc1=N. The lowest BCUT2D eigenvalue weighted by atomic mass is 9.85. The second kappa shape index (κ2) is 16.9. The molecule has 2 saturated heterocycles. The molecule has 6 rings (SSSR count). The summed E-state index contributed by atoms with van der Waals surface area (Å²) in [5.41, 5.74) is 3.04. The van der Waals surface area contributed by atoms with E-state index in [-0.39, 0.29) is 29.7 Å². The van der Waals surface area contributed by atoms with Crippen LogP contribution in [0.3, 0.4) is 0 Å². The van der Waals surface area contributed by atoms with Gasteiger partial charge in [-0.05, 0) is 62.3 Å². The molecule has 53 heavy (non-hydrogen) atoms. The number of nitrogens with one attached hydrogen (secondary N) is 5. The van der Waals surface area contributed by atoms with Crippen LogP contribution in [0.15, 0.2) is 66.9 Å². The molecule has 0 saturated carbocycles. The van der Waals surface area contributed by atoms with E-state index in [1.165, 1.54) is 0 Å². The second-order valence-corrected chi connectivity index (χ2v) is 15.3. The van der Waals surface area contributed by atoms with Gasteiger partial charge in [0.05, 0.1) is 38.2 Å². The Morgan fingerprint density at radius 3 is 2.55 bits per heavy atom. The lowest BCUT2D eigenvalue weighted by Gasteiger charge is -2.36. The second-order valence-electron chi connectivity index (χ2n) is 15.3. The average Bonchev–Trinajstić information content (AvgIpc) is 3.59. The van der Waals surface area contributed by atoms with E-state index in [9.17, 15) is 4.79 Å². The quantitative estimate of drug-likeness (QED) is 0.135. The molecule has 1 aromatic carbocycles. The highest BCUT2D eigenvalue weighted by Gasteiger charge is 2.30. The van der Waals surface area contributed by atoms with E-state index in [0.29, 0.717) is 36.1 Å². The number of carbonyl (C=O) groups excluding carboxylic acids is 1. The minimum atomic E-state index is -0.399. The van der Waals surface area contributed by atoms with E-state index in [1.807, 2.05) is 61.2 Å². The van der Waals surface area contributed by atoms with E-state index < -0.39 is 5.41 Å². The van der Waals surface area contributed by atoms with Crippen molar-refractivity contribution in [2.45, 2.75) is 84.5 Å². The summed E-state index contributed by atoms with van der Waals surface area (Å²) < 4.78 is 15.5. The molecule has 0 radical (unpaired) electrons. The fraction of sp³-hybridized carbons (Fsp3) is 0.513. The van der Waals surface area contributed by atoms with Crippen molar-refractivity contribution < 1.29 is 19.6 Å². The van der Waals surface area contributed by atoms with E-state index >= 15 is 0 Å². The molecule has 2 aliphatic heterocycles. The number of nitrogens with zero attached hydrogens (tertiary/aromatic N) is 5. The summed E-state index contributed by atoms with van der Waals surface area (Å²) in [6.45, 7) is 13.9. The summed E-state index contributed by atoms with van der Waals surface area (Å²) in [5, 5.41) is 38.7. The van der Waals surface area contributed by atoms with E-state index in [2.05, 4.69) is 32.5 Å². The monoisotopic (exact) mass is 726 g/mol. The van der Waals surface area contributed by atoms with Gasteiger partial charge in [-0.2, -0.15) is 5.10 Å². The zero-order valence-electron chi connectivity index (χ0n) is 31.5.